The second kappa shape index (κ2) is 10.1. The monoisotopic (exact) mass is 508 g/mol. The number of aromatic nitrogens is 4. The Kier molecular flexibility index (Phi) is 6.32. The molecular formula is C28H28N8O2. The molecule has 0 bridgehead atoms. The molecule has 2 aromatic heterocycles. The van der Waals surface area contributed by atoms with Crippen molar-refractivity contribution in [1.29, 1.82) is 0 Å². The first-order chi connectivity index (χ1) is 18.6. The lowest BCUT2D eigenvalue weighted by atomic mass is 10.1. The number of carbonyl (C=O) groups is 1. The molecule has 10 heteroatoms. The normalized spacial score (nSPS) is 17.0. The number of aliphatic hydroxyl groups is 1. The number of hydrogen-bond acceptors (Lipinski definition) is 7. The van der Waals surface area contributed by atoms with Gasteiger partial charge in [0, 0.05) is 31.2 Å². The Morgan fingerprint density at radius 3 is 2.74 bits per heavy atom. The summed E-state index contributed by atoms with van der Waals surface area (Å²) in [6.07, 6.45) is 2.36. The molecule has 0 aliphatic carbocycles. The highest BCUT2D eigenvalue weighted by Gasteiger charge is 2.33. The highest BCUT2D eigenvalue weighted by molar-refractivity contribution is 6.01. The van der Waals surface area contributed by atoms with Crippen LogP contribution in [0.3, 0.4) is 0 Å². The summed E-state index contributed by atoms with van der Waals surface area (Å²) in [7, 11) is 1.93. The van der Waals surface area contributed by atoms with E-state index in [0.29, 0.717) is 31.4 Å². The van der Waals surface area contributed by atoms with E-state index in [1.807, 2.05) is 83.2 Å². The van der Waals surface area contributed by atoms with E-state index < -0.39 is 6.23 Å². The Hall–Kier alpha value is -4.54. The second-order valence-corrected chi connectivity index (χ2v) is 9.38. The van der Waals surface area contributed by atoms with Crippen molar-refractivity contribution in [2.75, 3.05) is 37.3 Å². The fraction of sp³-hybridized carbons (Fsp3) is 0.214. The van der Waals surface area contributed by atoms with Gasteiger partial charge in [-0.1, -0.05) is 48.5 Å². The number of fused-ring (bicyclic) bond motifs is 2. The van der Waals surface area contributed by atoms with Crippen LogP contribution in [0.15, 0.2) is 85.3 Å². The van der Waals surface area contributed by atoms with Gasteiger partial charge in [-0.05, 0) is 36.7 Å². The van der Waals surface area contributed by atoms with E-state index in [1.165, 1.54) is 0 Å². The number of urea groups is 1. The smallest absolute Gasteiger partial charge is 0.321 e. The van der Waals surface area contributed by atoms with Gasteiger partial charge in [0.05, 0.1) is 22.8 Å². The molecule has 0 saturated carbocycles. The number of amides is 2. The Bertz CT molecular complexity index is 1600. The number of benzene rings is 3. The Labute approximate surface area is 219 Å². The third-order valence-corrected chi connectivity index (χ3v) is 7.00. The fourth-order valence-electron chi connectivity index (χ4n) is 4.88. The van der Waals surface area contributed by atoms with E-state index in [9.17, 15) is 9.90 Å². The van der Waals surface area contributed by atoms with Crippen molar-refractivity contribution in [3.05, 3.63) is 85.3 Å². The number of nitrogens with one attached hydrogen (secondary N) is 2. The molecule has 1 aliphatic rings. The molecule has 2 atom stereocenters. The third kappa shape index (κ3) is 4.62. The number of para-hydroxylation sites is 2. The van der Waals surface area contributed by atoms with E-state index in [0.717, 1.165) is 27.5 Å². The zero-order valence-electron chi connectivity index (χ0n) is 20.9. The summed E-state index contributed by atoms with van der Waals surface area (Å²) < 4.78 is 1.88. The van der Waals surface area contributed by atoms with Crippen molar-refractivity contribution in [3.63, 3.8) is 0 Å². The van der Waals surface area contributed by atoms with Crippen molar-refractivity contribution in [1.82, 2.24) is 29.3 Å². The quantitative estimate of drug-likeness (QED) is 0.311. The fourth-order valence-corrected chi connectivity index (χ4v) is 4.88. The predicted octanol–water partition coefficient (Wildman–Crippen LogP) is 3.55. The molecule has 10 nitrogen and oxygen atoms in total. The molecule has 3 N–H and O–H groups in total. The summed E-state index contributed by atoms with van der Waals surface area (Å²) in [5.41, 5.74) is 2.56. The van der Waals surface area contributed by atoms with E-state index in [-0.39, 0.29) is 12.1 Å². The molecule has 2 unspecified atom stereocenters. The molecule has 0 radical (unpaired) electrons. The molecule has 38 heavy (non-hydrogen) atoms. The first-order valence-corrected chi connectivity index (χ1v) is 12.5. The molecular weight excluding hydrogens is 480 g/mol. The Morgan fingerprint density at radius 1 is 1.00 bits per heavy atom. The molecule has 3 heterocycles. The van der Waals surface area contributed by atoms with Gasteiger partial charge in [0.15, 0.2) is 0 Å². The Morgan fingerprint density at radius 2 is 1.82 bits per heavy atom. The van der Waals surface area contributed by atoms with Gasteiger partial charge in [0.25, 0.3) is 0 Å². The van der Waals surface area contributed by atoms with Gasteiger partial charge in [-0.15, -0.1) is 0 Å². The van der Waals surface area contributed by atoms with Crippen molar-refractivity contribution in [3.8, 4) is 5.82 Å². The van der Waals surface area contributed by atoms with Gasteiger partial charge >= 0.3 is 6.03 Å². The van der Waals surface area contributed by atoms with Crippen LogP contribution in [0.4, 0.5) is 16.4 Å². The molecule has 1 saturated heterocycles. The lowest BCUT2D eigenvalue weighted by Crippen LogP contribution is -2.59. The summed E-state index contributed by atoms with van der Waals surface area (Å²) in [4.78, 5) is 30.3. The molecule has 192 valence electrons. The molecule has 1 aliphatic heterocycles. The minimum Gasteiger partial charge on any atom is -0.372 e. The summed E-state index contributed by atoms with van der Waals surface area (Å²) >= 11 is 0. The number of aliphatic hydroxyl groups excluding tert-OH is 1. The van der Waals surface area contributed by atoms with Crippen molar-refractivity contribution < 1.29 is 9.90 Å². The van der Waals surface area contributed by atoms with Crippen LogP contribution in [-0.2, 0) is 0 Å². The number of rotatable bonds is 5. The minimum atomic E-state index is -0.997. The highest BCUT2D eigenvalue weighted by Crippen LogP contribution is 2.24. The standard InChI is InChI=1S/C28H28N8O2/c1-34-15-16-35(28(38)31-21-11-6-8-19-7-2-3-9-20(19)21)17-24(34)26(37)33-27-29-14-13-25(32-27)36-18-30-22-10-4-5-12-23(22)36/h2-14,18,24,26,37H,15-17H2,1H3,(H,31,38)(H,29,32,33). The van der Waals surface area contributed by atoms with Crippen LogP contribution < -0.4 is 10.6 Å². The average Bonchev–Trinajstić information content (AvgIpc) is 3.38. The number of carbonyl (C=O) groups excluding carboxylic acids is 1. The van der Waals surface area contributed by atoms with Crippen LogP contribution in [-0.4, -0.2) is 79.4 Å². The van der Waals surface area contributed by atoms with Gasteiger partial charge in [0.2, 0.25) is 5.95 Å². The van der Waals surface area contributed by atoms with E-state index in [4.69, 9.17) is 0 Å². The lowest BCUT2D eigenvalue weighted by molar-refractivity contribution is 0.0337. The molecule has 6 rings (SSSR count). The zero-order chi connectivity index (χ0) is 26.1. The molecule has 1 fully saturated rings. The van der Waals surface area contributed by atoms with Crippen LogP contribution in [0, 0.1) is 0 Å². The van der Waals surface area contributed by atoms with Gasteiger partial charge < -0.3 is 20.6 Å². The van der Waals surface area contributed by atoms with Gasteiger partial charge in [0.1, 0.15) is 18.4 Å². The maximum absolute atomic E-state index is 13.2. The van der Waals surface area contributed by atoms with Gasteiger partial charge in [-0.25, -0.2) is 14.8 Å². The number of piperazine rings is 1. The summed E-state index contributed by atoms with van der Waals surface area (Å²) in [5, 5.41) is 19.2. The van der Waals surface area contributed by atoms with Crippen LogP contribution in [0.1, 0.15) is 0 Å². The topological polar surface area (TPSA) is 111 Å². The molecule has 2 amide bonds. The first-order valence-electron chi connectivity index (χ1n) is 12.5. The van der Waals surface area contributed by atoms with E-state index in [1.54, 1.807) is 23.5 Å². The largest absolute Gasteiger partial charge is 0.372 e. The number of anilines is 2. The van der Waals surface area contributed by atoms with Gasteiger partial charge in [-0.2, -0.15) is 4.98 Å². The maximum Gasteiger partial charge on any atom is 0.321 e. The molecule has 0 spiro atoms. The SMILES string of the molecule is CN1CCN(C(=O)Nc2cccc3ccccc23)CC1C(O)Nc1nccc(-n2cnc3ccccc32)n1. The number of nitrogens with zero attached hydrogens (tertiary/aromatic N) is 6. The van der Waals surface area contributed by atoms with Crippen molar-refractivity contribution >= 4 is 39.5 Å². The van der Waals surface area contributed by atoms with Gasteiger partial charge in [-0.3, -0.25) is 9.47 Å². The zero-order valence-corrected chi connectivity index (χ0v) is 20.9. The summed E-state index contributed by atoms with van der Waals surface area (Å²) in [5.74, 6) is 0.926. The first kappa shape index (κ1) is 23.8. The third-order valence-electron chi connectivity index (χ3n) is 7.00. The van der Waals surface area contributed by atoms with E-state index in [2.05, 4.69) is 25.6 Å². The molecule has 3 aromatic carbocycles. The summed E-state index contributed by atoms with van der Waals surface area (Å²) in [6, 6.07) is 22.8. The summed E-state index contributed by atoms with van der Waals surface area (Å²) in [6.45, 7) is 1.51. The maximum atomic E-state index is 13.2. The minimum absolute atomic E-state index is 0.197. The second-order valence-electron chi connectivity index (χ2n) is 9.38. The predicted molar refractivity (Wildman–Crippen MR) is 147 cm³/mol. The van der Waals surface area contributed by atoms with E-state index >= 15 is 0 Å². The number of likely N-dealkylation sites (N-methyl/N-ethyl adjacent to an activating group) is 1. The lowest BCUT2D eigenvalue weighted by Gasteiger charge is -2.41. The van der Waals surface area contributed by atoms with Crippen LogP contribution in [0.2, 0.25) is 0 Å². The van der Waals surface area contributed by atoms with Crippen LogP contribution in [0.25, 0.3) is 27.6 Å². The molecule has 5 aromatic rings. The average molecular weight is 509 g/mol. The number of hydrogen-bond donors (Lipinski definition) is 3. The highest BCUT2D eigenvalue weighted by atomic mass is 16.3. The van der Waals surface area contributed by atoms with Crippen molar-refractivity contribution in [2.24, 2.45) is 0 Å². The van der Waals surface area contributed by atoms with Crippen molar-refractivity contribution in [2.45, 2.75) is 12.3 Å². The Balaban J connectivity index is 1.16. The van der Waals surface area contributed by atoms with Crippen LogP contribution in [0.5, 0.6) is 0 Å². The number of imidazole rings is 1. The van der Waals surface area contributed by atoms with Crippen LogP contribution >= 0.6 is 0 Å².